The average Bonchev–Trinajstić information content (AvgIpc) is 2.39. The highest BCUT2D eigenvalue weighted by molar-refractivity contribution is 5.42. The number of aromatic nitrogens is 2. The minimum Gasteiger partial charge on any atom is -0.363 e. The highest BCUT2D eigenvalue weighted by Gasteiger charge is 2.20. The Morgan fingerprint density at radius 2 is 2.16 bits per heavy atom. The van der Waals surface area contributed by atoms with Crippen molar-refractivity contribution in [3.05, 3.63) is 53.2 Å². The first kappa shape index (κ1) is 12.1. The molecule has 0 fully saturated rings. The molecule has 4 heteroatoms. The lowest BCUT2D eigenvalue weighted by molar-refractivity contribution is 0.578. The molecule has 0 aliphatic heterocycles. The number of fused-ring (bicyclic) bond motifs is 1. The summed E-state index contributed by atoms with van der Waals surface area (Å²) >= 11 is 0. The van der Waals surface area contributed by atoms with Gasteiger partial charge >= 0.3 is 0 Å². The van der Waals surface area contributed by atoms with E-state index in [2.05, 4.69) is 15.3 Å². The van der Waals surface area contributed by atoms with E-state index in [1.165, 1.54) is 11.6 Å². The second kappa shape index (κ2) is 4.96. The van der Waals surface area contributed by atoms with Crippen molar-refractivity contribution in [1.29, 1.82) is 0 Å². The minimum atomic E-state index is -0.175. The number of hydrogen-bond donors (Lipinski definition) is 1. The van der Waals surface area contributed by atoms with Crippen molar-refractivity contribution in [2.75, 3.05) is 5.32 Å². The van der Waals surface area contributed by atoms with Crippen LogP contribution in [0.2, 0.25) is 0 Å². The molecule has 1 heterocycles. The number of nitrogens with one attached hydrogen (secondary N) is 1. The first-order chi connectivity index (χ1) is 9.22. The Kier molecular flexibility index (Phi) is 3.15. The van der Waals surface area contributed by atoms with E-state index in [-0.39, 0.29) is 11.9 Å². The molecule has 98 valence electrons. The van der Waals surface area contributed by atoms with Gasteiger partial charge in [0.1, 0.15) is 18.0 Å². The predicted octanol–water partition coefficient (Wildman–Crippen LogP) is 3.41. The fourth-order valence-corrected chi connectivity index (χ4v) is 2.63. The maximum Gasteiger partial charge on any atom is 0.130 e. The van der Waals surface area contributed by atoms with Gasteiger partial charge in [-0.1, -0.05) is 6.07 Å². The smallest absolute Gasteiger partial charge is 0.130 e. The Balaban J connectivity index is 1.89. The Bertz CT molecular complexity index is 598. The van der Waals surface area contributed by atoms with Crippen LogP contribution in [0.4, 0.5) is 10.2 Å². The number of aryl methyl sites for hydroxylation is 2. The van der Waals surface area contributed by atoms with E-state index in [1.807, 2.05) is 19.1 Å². The average molecular weight is 257 g/mol. The van der Waals surface area contributed by atoms with Crippen LogP contribution >= 0.6 is 0 Å². The topological polar surface area (TPSA) is 37.8 Å². The second-order valence-corrected chi connectivity index (χ2v) is 4.98. The van der Waals surface area contributed by atoms with Crippen molar-refractivity contribution < 1.29 is 4.39 Å². The summed E-state index contributed by atoms with van der Waals surface area (Å²) < 4.78 is 13.4. The number of anilines is 1. The van der Waals surface area contributed by atoms with Crippen molar-refractivity contribution in [1.82, 2.24) is 9.97 Å². The third kappa shape index (κ3) is 2.57. The van der Waals surface area contributed by atoms with Gasteiger partial charge in [0.15, 0.2) is 0 Å². The number of halogens is 1. The van der Waals surface area contributed by atoms with E-state index in [0.717, 1.165) is 36.3 Å². The van der Waals surface area contributed by atoms with Gasteiger partial charge in [-0.05, 0) is 49.4 Å². The molecule has 0 amide bonds. The van der Waals surface area contributed by atoms with Crippen LogP contribution < -0.4 is 5.32 Å². The summed E-state index contributed by atoms with van der Waals surface area (Å²) in [4.78, 5) is 8.29. The summed E-state index contributed by atoms with van der Waals surface area (Å²) in [5.74, 6) is 0.626. The van der Waals surface area contributed by atoms with Crippen molar-refractivity contribution >= 4 is 5.82 Å². The van der Waals surface area contributed by atoms with Crippen molar-refractivity contribution in [2.24, 2.45) is 0 Å². The molecule has 1 atom stereocenters. The molecular weight excluding hydrogens is 241 g/mol. The Morgan fingerprint density at radius 3 is 3.00 bits per heavy atom. The van der Waals surface area contributed by atoms with Crippen LogP contribution in [0.15, 0.2) is 30.6 Å². The lowest BCUT2D eigenvalue weighted by Crippen LogP contribution is -2.18. The summed E-state index contributed by atoms with van der Waals surface area (Å²) in [5, 5.41) is 3.39. The monoisotopic (exact) mass is 257 g/mol. The van der Waals surface area contributed by atoms with Gasteiger partial charge in [0, 0.05) is 11.8 Å². The summed E-state index contributed by atoms with van der Waals surface area (Å²) in [6.45, 7) is 1.93. The summed E-state index contributed by atoms with van der Waals surface area (Å²) in [6.07, 6.45) is 4.68. The Hall–Kier alpha value is -1.97. The van der Waals surface area contributed by atoms with Crippen LogP contribution in [-0.4, -0.2) is 9.97 Å². The quantitative estimate of drug-likeness (QED) is 0.895. The minimum absolute atomic E-state index is 0.133. The van der Waals surface area contributed by atoms with E-state index in [9.17, 15) is 4.39 Å². The fraction of sp³-hybridized carbons (Fsp3) is 0.333. The molecule has 1 aliphatic rings. The summed E-state index contributed by atoms with van der Waals surface area (Å²) in [6, 6.07) is 7.11. The molecule has 0 bridgehead atoms. The van der Waals surface area contributed by atoms with Crippen molar-refractivity contribution in [3.8, 4) is 0 Å². The van der Waals surface area contributed by atoms with Gasteiger partial charge in [-0.3, -0.25) is 0 Å². The molecule has 3 nitrogen and oxygen atoms in total. The highest BCUT2D eigenvalue weighted by Crippen LogP contribution is 2.32. The lowest BCUT2D eigenvalue weighted by atomic mass is 9.87. The van der Waals surface area contributed by atoms with Gasteiger partial charge in [0.05, 0.1) is 6.04 Å². The zero-order valence-corrected chi connectivity index (χ0v) is 10.9. The normalized spacial score (nSPS) is 17.9. The van der Waals surface area contributed by atoms with Crippen LogP contribution in [-0.2, 0) is 6.42 Å². The van der Waals surface area contributed by atoms with Crippen molar-refractivity contribution in [2.45, 2.75) is 32.2 Å². The van der Waals surface area contributed by atoms with Gasteiger partial charge in [-0.15, -0.1) is 0 Å². The van der Waals surface area contributed by atoms with Crippen LogP contribution in [0.25, 0.3) is 0 Å². The van der Waals surface area contributed by atoms with Gasteiger partial charge in [0.25, 0.3) is 0 Å². The molecule has 1 aromatic heterocycles. The molecular formula is C15H16FN3. The predicted molar refractivity (Wildman–Crippen MR) is 72.5 cm³/mol. The molecule has 0 saturated carbocycles. The molecule has 0 saturated heterocycles. The van der Waals surface area contributed by atoms with Crippen LogP contribution in [0.1, 0.15) is 35.7 Å². The molecule has 1 N–H and O–H groups in total. The molecule has 1 aliphatic carbocycles. The SMILES string of the molecule is Cc1cc(NC2CCCc3ccc(F)cc32)ncn1. The maximum absolute atomic E-state index is 13.4. The van der Waals surface area contributed by atoms with Crippen LogP contribution in [0.3, 0.4) is 0 Å². The summed E-state index contributed by atoms with van der Waals surface area (Å²) in [7, 11) is 0. The number of rotatable bonds is 2. The standard InChI is InChI=1S/C15H16FN3/c1-10-7-15(18-9-17-10)19-14-4-2-3-11-5-6-12(16)8-13(11)14/h5-9,14H,2-4H2,1H3,(H,17,18,19). The Morgan fingerprint density at radius 1 is 1.26 bits per heavy atom. The van der Waals surface area contributed by atoms with E-state index >= 15 is 0 Å². The van der Waals surface area contributed by atoms with E-state index in [0.29, 0.717) is 0 Å². The molecule has 1 aromatic carbocycles. The zero-order chi connectivity index (χ0) is 13.2. The fourth-order valence-electron chi connectivity index (χ4n) is 2.63. The molecule has 0 spiro atoms. The number of nitrogens with zero attached hydrogens (tertiary/aromatic N) is 2. The first-order valence-electron chi connectivity index (χ1n) is 6.56. The van der Waals surface area contributed by atoms with E-state index in [1.54, 1.807) is 12.4 Å². The van der Waals surface area contributed by atoms with Crippen LogP contribution in [0.5, 0.6) is 0 Å². The molecule has 3 rings (SSSR count). The molecule has 0 radical (unpaired) electrons. The van der Waals surface area contributed by atoms with Gasteiger partial charge in [0.2, 0.25) is 0 Å². The Labute approximate surface area is 111 Å². The third-order valence-electron chi connectivity index (χ3n) is 3.55. The molecule has 19 heavy (non-hydrogen) atoms. The lowest BCUT2D eigenvalue weighted by Gasteiger charge is -2.26. The zero-order valence-electron chi connectivity index (χ0n) is 10.9. The van der Waals surface area contributed by atoms with Crippen LogP contribution in [0, 0.1) is 12.7 Å². The molecule has 2 aromatic rings. The van der Waals surface area contributed by atoms with E-state index in [4.69, 9.17) is 0 Å². The third-order valence-corrected chi connectivity index (χ3v) is 3.55. The largest absolute Gasteiger partial charge is 0.363 e. The highest BCUT2D eigenvalue weighted by atomic mass is 19.1. The summed E-state index contributed by atoms with van der Waals surface area (Å²) in [5.41, 5.74) is 3.21. The first-order valence-corrected chi connectivity index (χ1v) is 6.56. The number of benzene rings is 1. The second-order valence-electron chi connectivity index (χ2n) is 4.98. The molecule has 1 unspecified atom stereocenters. The van der Waals surface area contributed by atoms with Crippen molar-refractivity contribution in [3.63, 3.8) is 0 Å². The van der Waals surface area contributed by atoms with Gasteiger partial charge < -0.3 is 5.32 Å². The van der Waals surface area contributed by atoms with Gasteiger partial charge in [-0.25, -0.2) is 14.4 Å². The van der Waals surface area contributed by atoms with E-state index < -0.39 is 0 Å². The van der Waals surface area contributed by atoms with Gasteiger partial charge in [-0.2, -0.15) is 0 Å². The number of hydrogen-bond acceptors (Lipinski definition) is 3. The maximum atomic E-state index is 13.4.